The molecule has 0 aromatic carbocycles. The van der Waals surface area contributed by atoms with Crippen LogP contribution < -0.4 is 10.6 Å². The van der Waals surface area contributed by atoms with Gasteiger partial charge in [-0.25, -0.2) is 9.78 Å². The van der Waals surface area contributed by atoms with Gasteiger partial charge in [0.25, 0.3) is 0 Å². The van der Waals surface area contributed by atoms with Crippen LogP contribution in [0.15, 0.2) is 18.7 Å². The lowest BCUT2D eigenvalue weighted by Crippen LogP contribution is -2.53. The van der Waals surface area contributed by atoms with Crippen LogP contribution in [0.2, 0.25) is 0 Å². The molecular weight excluding hydrogens is 270 g/mol. The van der Waals surface area contributed by atoms with Gasteiger partial charge in [0.1, 0.15) is 0 Å². The average Bonchev–Trinajstić information content (AvgIpc) is 2.90. The molecule has 0 radical (unpaired) electrons. The molecule has 2 N–H and O–H groups in total. The van der Waals surface area contributed by atoms with E-state index >= 15 is 0 Å². The lowest BCUT2D eigenvalue weighted by Gasteiger charge is -2.33. The Morgan fingerprint density at radius 1 is 1.48 bits per heavy atom. The van der Waals surface area contributed by atoms with Crippen molar-refractivity contribution in [2.75, 3.05) is 13.1 Å². The number of nitrogens with zero attached hydrogens (tertiary/aromatic N) is 3. The summed E-state index contributed by atoms with van der Waals surface area (Å²) in [4.78, 5) is 29.1. The van der Waals surface area contributed by atoms with Crippen molar-refractivity contribution in [3.63, 3.8) is 0 Å². The van der Waals surface area contributed by atoms with E-state index in [0.717, 1.165) is 19.4 Å². The fraction of sp³-hybridized carbons (Fsp3) is 0.643. The number of urea groups is 1. The van der Waals surface area contributed by atoms with Crippen LogP contribution in [0.1, 0.15) is 26.7 Å². The maximum Gasteiger partial charge on any atom is 0.317 e. The standard InChI is InChI=1S/C14H23N5O2/c1-11(8-18-7-5-15-10-18)16-14(21)19-6-3-4-13(9-19)17-12(2)20/h5,7,10-11,13H,3-4,6,8-9H2,1-2H3,(H,16,21)(H,17,20)/t11-,13+/m0/s1. The summed E-state index contributed by atoms with van der Waals surface area (Å²) in [5.74, 6) is -0.0456. The van der Waals surface area contributed by atoms with Gasteiger partial charge >= 0.3 is 6.03 Å². The van der Waals surface area contributed by atoms with Gasteiger partial charge in [0.2, 0.25) is 5.91 Å². The number of carbonyl (C=O) groups is 2. The van der Waals surface area contributed by atoms with Gasteiger partial charge in [-0.15, -0.1) is 0 Å². The first-order chi connectivity index (χ1) is 10.0. The highest BCUT2D eigenvalue weighted by molar-refractivity contribution is 5.75. The number of carbonyl (C=O) groups excluding carboxylic acids is 2. The molecule has 0 spiro atoms. The second kappa shape index (κ2) is 7.10. The molecule has 1 saturated heterocycles. The van der Waals surface area contributed by atoms with Gasteiger partial charge < -0.3 is 20.1 Å². The van der Waals surface area contributed by atoms with Gasteiger partial charge in [-0.3, -0.25) is 4.79 Å². The summed E-state index contributed by atoms with van der Waals surface area (Å²) in [6.07, 6.45) is 7.16. The van der Waals surface area contributed by atoms with Crippen LogP contribution in [0.5, 0.6) is 0 Å². The summed E-state index contributed by atoms with van der Waals surface area (Å²) in [5, 5.41) is 5.87. The van der Waals surface area contributed by atoms with Crippen molar-refractivity contribution in [1.82, 2.24) is 25.1 Å². The molecule has 0 unspecified atom stereocenters. The zero-order chi connectivity index (χ0) is 15.2. The van der Waals surface area contributed by atoms with Gasteiger partial charge in [0.05, 0.1) is 6.33 Å². The molecule has 0 bridgehead atoms. The molecule has 116 valence electrons. The molecule has 3 amide bonds. The smallest absolute Gasteiger partial charge is 0.317 e. The Morgan fingerprint density at radius 2 is 2.29 bits per heavy atom. The van der Waals surface area contributed by atoms with Crippen LogP contribution >= 0.6 is 0 Å². The molecule has 1 aromatic rings. The number of likely N-dealkylation sites (tertiary alicyclic amines) is 1. The molecule has 0 saturated carbocycles. The summed E-state index contributed by atoms with van der Waals surface area (Å²) in [7, 11) is 0. The molecule has 21 heavy (non-hydrogen) atoms. The van der Waals surface area contributed by atoms with E-state index in [4.69, 9.17) is 0 Å². The zero-order valence-electron chi connectivity index (χ0n) is 12.6. The van der Waals surface area contributed by atoms with Crippen molar-refractivity contribution in [1.29, 1.82) is 0 Å². The molecule has 1 fully saturated rings. The number of rotatable bonds is 4. The number of nitrogens with one attached hydrogen (secondary N) is 2. The molecular formula is C14H23N5O2. The van der Waals surface area contributed by atoms with Gasteiger partial charge in [-0.1, -0.05) is 0 Å². The molecule has 1 aromatic heterocycles. The first-order valence-corrected chi connectivity index (χ1v) is 7.33. The van der Waals surface area contributed by atoms with Crippen molar-refractivity contribution in [2.24, 2.45) is 0 Å². The minimum Gasteiger partial charge on any atom is -0.352 e. The lowest BCUT2D eigenvalue weighted by atomic mass is 10.1. The SMILES string of the molecule is CC(=O)N[C@@H]1CCCN(C(=O)N[C@@H](C)Cn2ccnc2)C1. The minimum atomic E-state index is -0.0716. The summed E-state index contributed by atoms with van der Waals surface area (Å²) in [5.41, 5.74) is 0. The van der Waals surface area contributed by atoms with E-state index in [0.29, 0.717) is 13.1 Å². The van der Waals surface area contributed by atoms with Crippen LogP contribution in [-0.4, -0.2) is 51.6 Å². The van der Waals surface area contributed by atoms with E-state index in [1.807, 2.05) is 17.7 Å². The normalized spacial score (nSPS) is 19.9. The fourth-order valence-corrected chi connectivity index (χ4v) is 2.63. The van der Waals surface area contributed by atoms with Gasteiger partial charge in [-0.05, 0) is 19.8 Å². The van der Waals surface area contributed by atoms with Crippen LogP contribution in [0, 0.1) is 0 Å². The van der Waals surface area contributed by atoms with Gasteiger partial charge in [0.15, 0.2) is 0 Å². The zero-order valence-corrected chi connectivity index (χ0v) is 12.6. The number of hydrogen-bond donors (Lipinski definition) is 2. The topological polar surface area (TPSA) is 79.3 Å². The van der Waals surface area contributed by atoms with Crippen molar-refractivity contribution in [3.8, 4) is 0 Å². The highest BCUT2D eigenvalue weighted by Crippen LogP contribution is 2.10. The molecule has 0 aliphatic carbocycles. The third kappa shape index (κ3) is 4.77. The molecule has 1 aliphatic rings. The number of aromatic nitrogens is 2. The summed E-state index contributed by atoms with van der Waals surface area (Å²) >= 11 is 0. The number of piperidine rings is 1. The summed E-state index contributed by atoms with van der Waals surface area (Å²) in [6.45, 7) is 5.47. The quantitative estimate of drug-likeness (QED) is 0.852. The predicted octanol–water partition coefficient (Wildman–Crippen LogP) is 0.582. The molecule has 1 aliphatic heterocycles. The predicted molar refractivity (Wildman–Crippen MR) is 78.6 cm³/mol. The van der Waals surface area contributed by atoms with E-state index in [9.17, 15) is 9.59 Å². The molecule has 7 nitrogen and oxygen atoms in total. The van der Waals surface area contributed by atoms with Crippen LogP contribution in [-0.2, 0) is 11.3 Å². The second-order valence-electron chi connectivity index (χ2n) is 5.60. The second-order valence-corrected chi connectivity index (χ2v) is 5.60. The Kier molecular flexibility index (Phi) is 5.19. The van der Waals surface area contributed by atoms with E-state index in [-0.39, 0.29) is 24.0 Å². The fourth-order valence-electron chi connectivity index (χ4n) is 2.63. The van der Waals surface area contributed by atoms with Crippen molar-refractivity contribution >= 4 is 11.9 Å². The Labute approximate surface area is 124 Å². The van der Waals surface area contributed by atoms with E-state index < -0.39 is 0 Å². The van der Waals surface area contributed by atoms with Crippen LogP contribution in [0.4, 0.5) is 4.79 Å². The first kappa shape index (κ1) is 15.3. The number of amides is 3. The monoisotopic (exact) mass is 293 g/mol. The van der Waals surface area contributed by atoms with Crippen molar-refractivity contribution in [3.05, 3.63) is 18.7 Å². The maximum atomic E-state index is 12.2. The van der Waals surface area contributed by atoms with E-state index in [1.165, 1.54) is 6.92 Å². The molecule has 7 heteroatoms. The van der Waals surface area contributed by atoms with Gasteiger partial charge in [0, 0.05) is 51.0 Å². The van der Waals surface area contributed by atoms with Crippen molar-refractivity contribution < 1.29 is 9.59 Å². The Bertz CT molecular complexity index is 474. The number of imidazole rings is 1. The van der Waals surface area contributed by atoms with E-state index in [2.05, 4.69) is 15.6 Å². The third-order valence-electron chi connectivity index (χ3n) is 3.53. The number of hydrogen-bond acceptors (Lipinski definition) is 3. The Morgan fingerprint density at radius 3 is 2.95 bits per heavy atom. The van der Waals surface area contributed by atoms with Crippen LogP contribution in [0.3, 0.4) is 0 Å². The minimum absolute atomic E-state index is 0.0212. The Hall–Kier alpha value is -2.05. The maximum absolute atomic E-state index is 12.2. The Balaban J connectivity index is 1.80. The van der Waals surface area contributed by atoms with Gasteiger partial charge in [-0.2, -0.15) is 0 Å². The average molecular weight is 293 g/mol. The van der Waals surface area contributed by atoms with Crippen LogP contribution in [0.25, 0.3) is 0 Å². The van der Waals surface area contributed by atoms with E-state index in [1.54, 1.807) is 17.4 Å². The largest absolute Gasteiger partial charge is 0.352 e. The third-order valence-corrected chi connectivity index (χ3v) is 3.53. The first-order valence-electron chi connectivity index (χ1n) is 7.33. The summed E-state index contributed by atoms with van der Waals surface area (Å²) < 4.78 is 1.93. The van der Waals surface area contributed by atoms with Crippen molar-refractivity contribution in [2.45, 2.75) is 45.3 Å². The molecule has 2 heterocycles. The highest BCUT2D eigenvalue weighted by Gasteiger charge is 2.24. The lowest BCUT2D eigenvalue weighted by molar-refractivity contribution is -0.119. The molecule has 2 rings (SSSR count). The highest BCUT2D eigenvalue weighted by atomic mass is 16.2. The molecule has 2 atom stereocenters. The summed E-state index contributed by atoms with van der Waals surface area (Å²) in [6, 6.07) is 0.0106.